The van der Waals surface area contributed by atoms with Gasteiger partial charge in [-0.25, -0.2) is 9.67 Å². The highest BCUT2D eigenvalue weighted by Crippen LogP contribution is 2.29. The number of carbonyl (C=O) groups excluding carboxylic acids is 1. The van der Waals surface area contributed by atoms with Crippen LogP contribution in [-0.4, -0.2) is 39.9 Å². The second-order valence-electron chi connectivity index (χ2n) is 7.47. The van der Waals surface area contributed by atoms with E-state index in [1.54, 1.807) is 68.0 Å². The van der Waals surface area contributed by atoms with Crippen LogP contribution in [0.25, 0.3) is 22.3 Å². The number of hydrogen-bond donors (Lipinski definition) is 1. The van der Waals surface area contributed by atoms with Crippen LogP contribution in [0.5, 0.6) is 11.5 Å². The van der Waals surface area contributed by atoms with Crippen molar-refractivity contribution >= 4 is 22.6 Å². The standard InChI is InChI=1S/C25H21N5O4/c1-32-19-9-17(10-20(11-19)33-2)28-25(31)21-12-23(16-5-3-7-26-13-16)29-24-22(21)14-27-30(24)15-18-6-4-8-34-18/h3-14H,15H2,1-2H3,(H,28,31). The van der Waals surface area contributed by atoms with Gasteiger partial charge in [0.2, 0.25) is 0 Å². The van der Waals surface area contributed by atoms with E-state index in [2.05, 4.69) is 15.4 Å². The summed E-state index contributed by atoms with van der Waals surface area (Å²) in [5.74, 6) is 1.55. The Kier molecular flexibility index (Phi) is 5.65. The highest BCUT2D eigenvalue weighted by atomic mass is 16.5. The monoisotopic (exact) mass is 455 g/mol. The fourth-order valence-corrected chi connectivity index (χ4v) is 3.64. The Balaban J connectivity index is 1.59. The number of nitrogens with one attached hydrogen (secondary N) is 1. The molecular formula is C25H21N5O4. The van der Waals surface area contributed by atoms with Gasteiger partial charge in [0.25, 0.3) is 5.91 Å². The molecule has 0 bridgehead atoms. The summed E-state index contributed by atoms with van der Waals surface area (Å²) in [6, 6.07) is 14.3. The number of methoxy groups -OCH3 is 2. The zero-order valence-electron chi connectivity index (χ0n) is 18.6. The van der Waals surface area contributed by atoms with Crippen molar-refractivity contribution in [2.75, 3.05) is 19.5 Å². The van der Waals surface area contributed by atoms with Crippen LogP contribution in [0.3, 0.4) is 0 Å². The number of carbonyl (C=O) groups is 1. The third-order valence-corrected chi connectivity index (χ3v) is 5.31. The molecule has 1 aromatic carbocycles. The van der Waals surface area contributed by atoms with Gasteiger partial charge in [-0.1, -0.05) is 0 Å². The van der Waals surface area contributed by atoms with E-state index in [0.717, 1.165) is 11.3 Å². The van der Waals surface area contributed by atoms with Crippen LogP contribution < -0.4 is 14.8 Å². The van der Waals surface area contributed by atoms with Crippen molar-refractivity contribution in [3.8, 4) is 22.8 Å². The van der Waals surface area contributed by atoms with Gasteiger partial charge in [-0.2, -0.15) is 5.10 Å². The zero-order chi connectivity index (χ0) is 23.5. The van der Waals surface area contributed by atoms with Gasteiger partial charge in [0.1, 0.15) is 23.8 Å². The quantitative estimate of drug-likeness (QED) is 0.388. The summed E-state index contributed by atoms with van der Waals surface area (Å²) in [5, 5.41) is 8.02. The van der Waals surface area contributed by atoms with Gasteiger partial charge in [0.15, 0.2) is 5.65 Å². The predicted molar refractivity (Wildman–Crippen MR) is 126 cm³/mol. The number of fused-ring (bicyclic) bond motifs is 1. The topological polar surface area (TPSA) is 104 Å². The van der Waals surface area contributed by atoms with Gasteiger partial charge in [0, 0.05) is 41.8 Å². The van der Waals surface area contributed by atoms with E-state index in [1.165, 1.54) is 0 Å². The Morgan fingerprint density at radius 3 is 2.56 bits per heavy atom. The number of nitrogens with zero attached hydrogens (tertiary/aromatic N) is 4. The average molecular weight is 455 g/mol. The first-order valence-corrected chi connectivity index (χ1v) is 10.5. The van der Waals surface area contributed by atoms with Crippen LogP contribution >= 0.6 is 0 Å². The number of furan rings is 1. The van der Waals surface area contributed by atoms with Gasteiger partial charge in [0.05, 0.1) is 43.3 Å². The summed E-state index contributed by atoms with van der Waals surface area (Å²) in [6.45, 7) is 0.383. The Bertz CT molecular complexity index is 1420. The van der Waals surface area contributed by atoms with E-state index in [9.17, 15) is 4.79 Å². The number of anilines is 1. The Morgan fingerprint density at radius 2 is 1.88 bits per heavy atom. The number of benzene rings is 1. The predicted octanol–water partition coefficient (Wildman–Crippen LogP) is 4.40. The molecule has 0 radical (unpaired) electrons. The fraction of sp³-hybridized carbons (Fsp3) is 0.120. The number of aromatic nitrogens is 4. The van der Waals surface area contributed by atoms with Gasteiger partial charge in [-0.05, 0) is 30.3 Å². The summed E-state index contributed by atoms with van der Waals surface area (Å²) in [6.07, 6.45) is 6.64. The lowest BCUT2D eigenvalue weighted by Crippen LogP contribution is -2.13. The molecule has 0 aliphatic carbocycles. The number of rotatable bonds is 7. The summed E-state index contributed by atoms with van der Waals surface area (Å²) in [4.78, 5) is 22.4. The van der Waals surface area contributed by atoms with Crippen LogP contribution in [0.1, 0.15) is 16.1 Å². The maximum Gasteiger partial charge on any atom is 0.256 e. The molecule has 9 nitrogen and oxygen atoms in total. The number of ether oxygens (including phenoxy) is 2. The van der Waals surface area contributed by atoms with E-state index in [1.807, 2.05) is 24.3 Å². The molecule has 1 N–H and O–H groups in total. The highest BCUT2D eigenvalue weighted by molar-refractivity contribution is 6.12. The molecule has 4 heterocycles. The van der Waals surface area contributed by atoms with Gasteiger partial charge in [-0.3, -0.25) is 9.78 Å². The van der Waals surface area contributed by atoms with Crippen LogP contribution in [0, 0.1) is 0 Å². The van der Waals surface area contributed by atoms with Crippen molar-refractivity contribution in [2.45, 2.75) is 6.54 Å². The third-order valence-electron chi connectivity index (χ3n) is 5.31. The van der Waals surface area contributed by atoms with Crippen LogP contribution in [0.4, 0.5) is 5.69 Å². The Hall–Kier alpha value is -4.66. The van der Waals surface area contributed by atoms with Crippen LogP contribution in [0.15, 0.2) is 77.8 Å². The Labute approximate surface area is 195 Å². The molecule has 0 spiro atoms. The lowest BCUT2D eigenvalue weighted by molar-refractivity contribution is 0.102. The van der Waals surface area contributed by atoms with Crippen LogP contribution in [-0.2, 0) is 6.54 Å². The normalized spacial score (nSPS) is 10.9. The van der Waals surface area contributed by atoms with E-state index in [-0.39, 0.29) is 5.91 Å². The van der Waals surface area contributed by atoms with Crippen molar-refractivity contribution in [2.24, 2.45) is 0 Å². The number of hydrogen-bond acceptors (Lipinski definition) is 7. The first-order chi connectivity index (χ1) is 16.6. The van der Waals surface area contributed by atoms with Crippen LogP contribution in [0.2, 0.25) is 0 Å². The minimum absolute atomic E-state index is 0.314. The molecule has 5 aromatic rings. The third kappa shape index (κ3) is 4.18. The molecule has 1 amide bonds. The summed E-state index contributed by atoms with van der Waals surface area (Å²) >= 11 is 0. The smallest absolute Gasteiger partial charge is 0.256 e. The number of amides is 1. The van der Waals surface area contributed by atoms with E-state index >= 15 is 0 Å². The van der Waals surface area contributed by atoms with Crippen molar-refractivity contribution < 1.29 is 18.7 Å². The lowest BCUT2D eigenvalue weighted by Gasteiger charge is -2.11. The molecule has 0 saturated carbocycles. The molecule has 0 aliphatic heterocycles. The molecule has 0 fully saturated rings. The van der Waals surface area contributed by atoms with E-state index < -0.39 is 0 Å². The number of pyridine rings is 2. The van der Waals surface area contributed by atoms with E-state index in [0.29, 0.717) is 46.0 Å². The summed E-state index contributed by atoms with van der Waals surface area (Å²) in [5.41, 5.74) is 2.92. The summed E-state index contributed by atoms with van der Waals surface area (Å²) in [7, 11) is 3.11. The van der Waals surface area contributed by atoms with E-state index in [4.69, 9.17) is 18.9 Å². The average Bonchev–Trinajstić information content (AvgIpc) is 3.54. The molecule has 34 heavy (non-hydrogen) atoms. The fourth-order valence-electron chi connectivity index (χ4n) is 3.64. The molecule has 9 heteroatoms. The minimum Gasteiger partial charge on any atom is -0.497 e. The molecule has 0 saturated heterocycles. The lowest BCUT2D eigenvalue weighted by atomic mass is 10.1. The van der Waals surface area contributed by atoms with Crippen molar-refractivity contribution in [1.82, 2.24) is 19.7 Å². The van der Waals surface area contributed by atoms with Crippen molar-refractivity contribution in [1.29, 1.82) is 0 Å². The van der Waals surface area contributed by atoms with Crippen molar-refractivity contribution in [3.05, 3.63) is 84.7 Å². The SMILES string of the molecule is COc1cc(NC(=O)c2cc(-c3cccnc3)nc3c2cnn3Cc2ccco2)cc(OC)c1. The van der Waals surface area contributed by atoms with Crippen molar-refractivity contribution in [3.63, 3.8) is 0 Å². The van der Waals surface area contributed by atoms with Gasteiger partial charge >= 0.3 is 0 Å². The first kappa shape index (κ1) is 21.2. The summed E-state index contributed by atoms with van der Waals surface area (Å²) < 4.78 is 17.8. The Morgan fingerprint density at radius 1 is 1.06 bits per heavy atom. The maximum absolute atomic E-state index is 13.4. The first-order valence-electron chi connectivity index (χ1n) is 10.5. The van der Waals surface area contributed by atoms with Gasteiger partial charge < -0.3 is 19.2 Å². The maximum atomic E-state index is 13.4. The minimum atomic E-state index is -0.314. The molecular weight excluding hydrogens is 434 g/mol. The molecule has 0 unspecified atom stereocenters. The van der Waals surface area contributed by atoms with Gasteiger partial charge in [-0.15, -0.1) is 0 Å². The molecule has 0 atom stereocenters. The molecule has 0 aliphatic rings. The molecule has 5 rings (SSSR count). The second kappa shape index (κ2) is 9.07. The highest BCUT2D eigenvalue weighted by Gasteiger charge is 2.19. The molecule has 170 valence electrons. The zero-order valence-corrected chi connectivity index (χ0v) is 18.6. The largest absolute Gasteiger partial charge is 0.497 e. The second-order valence-corrected chi connectivity index (χ2v) is 7.47. The molecule has 4 aromatic heterocycles.